The lowest BCUT2D eigenvalue weighted by molar-refractivity contribution is -0.385. The highest BCUT2D eigenvalue weighted by atomic mass is 32.2. The summed E-state index contributed by atoms with van der Waals surface area (Å²) in [6.45, 7) is 7.17. The Bertz CT molecular complexity index is 1340. The predicted molar refractivity (Wildman–Crippen MR) is 151 cm³/mol. The van der Waals surface area contributed by atoms with Crippen LogP contribution in [-0.4, -0.2) is 28.2 Å². The minimum atomic E-state index is -0.487. The first-order valence-electron chi connectivity index (χ1n) is 12.0. The summed E-state index contributed by atoms with van der Waals surface area (Å²) in [7, 11) is 0. The number of ketones is 1. The number of rotatable bonds is 7. The summed E-state index contributed by atoms with van der Waals surface area (Å²) in [6.07, 6.45) is 4.06. The molecule has 0 saturated heterocycles. The number of nitro benzene ring substituents is 1. The van der Waals surface area contributed by atoms with Crippen LogP contribution in [0.1, 0.15) is 48.7 Å². The third-order valence-electron chi connectivity index (χ3n) is 5.77. The summed E-state index contributed by atoms with van der Waals surface area (Å²) in [5, 5.41) is 15.9. The molecule has 0 radical (unpaired) electrons. The van der Waals surface area contributed by atoms with Crippen molar-refractivity contribution >= 4 is 40.2 Å². The highest BCUT2D eigenvalue weighted by Gasteiger charge is 2.18. The second kappa shape index (κ2) is 11.4. The van der Waals surface area contributed by atoms with E-state index in [2.05, 4.69) is 31.1 Å². The van der Waals surface area contributed by atoms with Crippen molar-refractivity contribution in [3.8, 4) is 11.5 Å². The number of ether oxygens (including phenoxy) is 1. The molecule has 1 N–H and O–H groups in total. The zero-order chi connectivity index (χ0) is 26.4. The van der Waals surface area contributed by atoms with Gasteiger partial charge in [-0.15, -0.1) is 0 Å². The molecule has 0 aliphatic carbocycles. The number of allylic oxidation sites excluding steroid dienone is 1. The van der Waals surface area contributed by atoms with Gasteiger partial charge in [0.2, 0.25) is 5.75 Å². The number of anilines is 1. The lowest BCUT2D eigenvalue weighted by Crippen LogP contribution is -2.13. The number of thioether (sulfide) groups is 1. The Labute approximate surface area is 220 Å². The van der Waals surface area contributed by atoms with Crippen molar-refractivity contribution in [3.05, 3.63) is 99.6 Å². The van der Waals surface area contributed by atoms with Crippen molar-refractivity contribution < 1.29 is 14.5 Å². The van der Waals surface area contributed by atoms with Gasteiger partial charge >= 0.3 is 5.69 Å². The van der Waals surface area contributed by atoms with Crippen LogP contribution in [-0.2, 0) is 5.41 Å². The van der Waals surface area contributed by atoms with Gasteiger partial charge in [0.05, 0.1) is 4.92 Å². The second-order valence-electron chi connectivity index (χ2n) is 9.65. The number of benzene rings is 3. The van der Waals surface area contributed by atoms with Gasteiger partial charge in [-0.3, -0.25) is 19.9 Å². The molecule has 0 bridgehead atoms. The van der Waals surface area contributed by atoms with Crippen molar-refractivity contribution in [2.75, 3.05) is 17.6 Å². The van der Waals surface area contributed by atoms with Crippen molar-refractivity contribution in [3.63, 3.8) is 0 Å². The molecule has 0 spiro atoms. The van der Waals surface area contributed by atoms with Gasteiger partial charge in [0.15, 0.2) is 11.0 Å². The summed E-state index contributed by atoms with van der Waals surface area (Å²) in [4.78, 5) is 28.3. The smallest absolute Gasteiger partial charge is 0.312 e. The minimum Gasteiger partial charge on any atom is -0.450 e. The van der Waals surface area contributed by atoms with E-state index >= 15 is 0 Å². The summed E-state index contributed by atoms with van der Waals surface area (Å²) in [5.41, 5.74) is 2.89. The van der Waals surface area contributed by atoms with Crippen molar-refractivity contribution in [1.82, 2.24) is 0 Å². The fourth-order valence-corrected chi connectivity index (χ4v) is 4.50. The van der Waals surface area contributed by atoms with Crippen LogP contribution >= 0.6 is 11.8 Å². The topological polar surface area (TPSA) is 93.8 Å². The Morgan fingerprint density at radius 2 is 1.81 bits per heavy atom. The summed E-state index contributed by atoms with van der Waals surface area (Å²) < 4.78 is 5.81. The Balaban J connectivity index is 1.44. The van der Waals surface area contributed by atoms with Crippen LogP contribution in [0.2, 0.25) is 0 Å². The van der Waals surface area contributed by atoms with E-state index in [4.69, 9.17) is 4.74 Å². The zero-order valence-corrected chi connectivity index (χ0v) is 21.9. The zero-order valence-electron chi connectivity index (χ0n) is 21.1. The molecule has 1 aliphatic rings. The first kappa shape index (κ1) is 26.2. The number of nitrogens with zero attached hydrogens (tertiary/aromatic N) is 2. The molecule has 0 atom stereocenters. The van der Waals surface area contributed by atoms with Gasteiger partial charge in [-0.2, -0.15) is 0 Å². The number of amidine groups is 1. The highest BCUT2D eigenvalue weighted by Crippen LogP contribution is 2.33. The molecule has 3 aromatic rings. The maximum absolute atomic E-state index is 12.7. The van der Waals surface area contributed by atoms with Crippen LogP contribution in [0.15, 0.2) is 77.8 Å². The van der Waals surface area contributed by atoms with Crippen molar-refractivity contribution in [2.24, 2.45) is 4.99 Å². The highest BCUT2D eigenvalue weighted by molar-refractivity contribution is 8.14. The molecule has 8 heteroatoms. The molecule has 1 heterocycles. The number of hydrogen-bond acceptors (Lipinski definition) is 7. The SMILES string of the molecule is CC(C)(C)c1ccc(Oc2ccc(C=CC(=O)c3ccc(NC4=NCCCS4)cc3)cc2[N+](=O)[O-])cc1. The van der Waals surface area contributed by atoms with Crippen LogP contribution in [0.3, 0.4) is 0 Å². The average Bonchev–Trinajstić information content (AvgIpc) is 2.88. The largest absolute Gasteiger partial charge is 0.450 e. The standard InChI is InChI=1S/C29H29N3O4S/c1-29(2,3)22-9-13-24(14-10-22)36-27-16-6-20(19-25(27)32(34)35)5-15-26(33)21-7-11-23(12-8-21)31-28-30-17-4-18-37-28/h5-16,19H,4,17-18H2,1-3H3,(H,30,31). The fraction of sp³-hybridized carbons (Fsp3) is 0.241. The quantitative estimate of drug-likeness (QED) is 0.152. The molecular formula is C29H29N3O4S. The average molecular weight is 516 g/mol. The van der Waals surface area contributed by atoms with E-state index in [1.165, 1.54) is 12.1 Å². The molecule has 0 unspecified atom stereocenters. The lowest BCUT2D eigenvalue weighted by Gasteiger charge is -2.19. The Morgan fingerprint density at radius 3 is 2.43 bits per heavy atom. The third kappa shape index (κ3) is 7.07. The Hall–Kier alpha value is -3.91. The van der Waals surface area contributed by atoms with Crippen LogP contribution in [0.25, 0.3) is 6.08 Å². The fourth-order valence-electron chi connectivity index (χ4n) is 3.66. The number of nitrogens with one attached hydrogen (secondary N) is 1. The summed E-state index contributed by atoms with van der Waals surface area (Å²) in [5.74, 6) is 1.50. The number of nitro groups is 1. The number of aliphatic imine (C=N–C) groups is 1. The van der Waals surface area contributed by atoms with Crippen LogP contribution in [0.5, 0.6) is 11.5 Å². The molecule has 7 nitrogen and oxygen atoms in total. The van der Waals surface area contributed by atoms with E-state index in [-0.39, 0.29) is 22.6 Å². The van der Waals surface area contributed by atoms with Crippen LogP contribution in [0, 0.1) is 10.1 Å². The van der Waals surface area contributed by atoms with Gasteiger partial charge in [0.25, 0.3) is 0 Å². The molecule has 1 aliphatic heterocycles. The maximum atomic E-state index is 12.7. The van der Waals surface area contributed by atoms with E-state index in [0.717, 1.165) is 35.1 Å². The van der Waals surface area contributed by atoms with E-state index in [9.17, 15) is 14.9 Å². The molecule has 190 valence electrons. The minimum absolute atomic E-state index is 0.00173. The number of carbonyl (C=O) groups is 1. The summed E-state index contributed by atoms with van der Waals surface area (Å²) in [6, 6.07) is 19.3. The lowest BCUT2D eigenvalue weighted by atomic mass is 9.87. The van der Waals surface area contributed by atoms with E-state index in [0.29, 0.717) is 16.9 Å². The molecule has 0 saturated carbocycles. The molecule has 4 rings (SSSR count). The molecule has 3 aromatic carbocycles. The third-order valence-corrected chi connectivity index (χ3v) is 6.77. The van der Waals surface area contributed by atoms with Gasteiger partial charge in [0, 0.05) is 29.6 Å². The van der Waals surface area contributed by atoms with Crippen LogP contribution < -0.4 is 10.1 Å². The first-order chi connectivity index (χ1) is 17.7. The van der Waals surface area contributed by atoms with E-state index < -0.39 is 4.92 Å². The normalized spacial score (nSPS) is 13.8. The van der Waals surface area contributed by atoms with E-state index in [1.807, 2.05) is 24.3 Å². The van der Waals surface area contributed by atoms with Gasteiger partial charge in [0.1, 0.15) is 5.75 Å². The Kier molecular flexibility index (Phi) is 8.08. The number of hydrogen-bond donors (Lipinski definition) is 1. The van der Waals surface area contributed by atoms with E-state index in [1.54, 1.807) is 54.2 Å². The maximum Gasteiger partial charge on any atom is 0.312 e. The Morgan fingerprint density at radius 1 is 1.08 bits per heavy atom. The van der Waals surface area contributed by atoms with Crippen molar-refractivity contribution in [1.29, 1.82) is 0 Å². The monoisotopic (exact) mass is 515 g/mol. The number of carbonyl (C=O) groups excluding carboxylic acids is 1. The second-order valence-corrected chi connectivity index (χ2v) is 10.7. The van der Waals surface area contributed by atoms with Gasteiger partial charge < -0.3 is 10.1 Å². The van der Waals surface area contributed by atoms with Crippen molar-refractivity contribution in [2.45, 2.75) is 32.6 Å². The van der Waals surface area contributed by atoms with Crippen LogP contribution in [0.4, 0.5) is 11.4 Å². The van der Waals surface area contributed by atoms with Gasteiger partial charge in [-0.05, 0) is 71.5 Å². The summed E-state index contributed by atoms with van der Waals surface area (Å²) >= 11 is 1.68. The molecule has 0 fully saturated rings. The molecule has 0 amide bonds. The van der Waals surface area contributed by atoms with Gasteiger partial charge in [-0.1, -0.05) is 56.8 Å². The molecule has 0 aromatic heterocycles. The van der Waals surface area contributed by atoms with Gasteiger partial charge in [-0.25, -0.2) is 0 Å². The predicted octanol–water partition coefficient (Wildman–Crippen LogP) is 7.49. The first-order valence-corrected chi connectivity index (χ1v) is 13.0. The molecule has 37 heavy (non-hydrogen) atoms. The molecular weight excluding hydrogens is 486 g/mol.